The predicted octanol–water partition coefficient (Wildman–Crippen LogP) is 4.40. The molecule has 0 radical (unpaired) electrons. The Balaban J connectivity index is 2.44. The molecule has 2 rings (SSSR count). The summed E-state index contributed by atoms with van der Waals surface area (Å²) >= 11 is 2.35. The predicted molar refractivity (Wildman–Crippen MR) is 96.9 cm³/mol. The smallest absolute Gasteiger partial charge is 0.143 e. The summed E-state index contributed by atoms with van der Waals surface area (Å²) in [5.41, 5.74) is 2.36. The first-order valence-corrected chi connectivity index (χ1v) is 8.34. The number of aromatic nitrogens is 2. The lowest BCUT2D eigenvalue weighted by molar-refractivity contribution is 0.559. The van der Waals surface area contributed by atoms with E-state index >= 15 is 0 Å². The van der Waals surface area contributed by atoms with Gasteiger partial charge in [0.1, 0.15) is 11.6 Å². The molecule has 1 aromatic carbocycles. The van der Waals surface area contributed by atoms with E-state index in [-0.39, 0.29) is 5.41 Å². The number of anilines is 1. The first kappa shape index (κ1) is 16.2. The molecule has 1 aromatic heterocycles. The molecule has 0 atom stereocenters. The minimum atomic E-state index is 0.00900. The van der Waals surface area contributed by atoms with Crippen LogP contribution >= 0.6 is 22.6 Å². The van der Waals surface area contributed by atoms with Crippen LogP contribution in [-0.2, 0) is 11.8 Å². The molecule has 0 amide bonds. The van der Waals surface area contributed by atoms with Crippen molar-refractivity contribution in [3.05, 3.63) is 51.0 Å². The summed E-state index contributed by atoms with van der Waals surface area (Å²) in [4.78, 5) is 9.52. The van der Waals surface area contributed by atoms with Gasteiger partial charge < -0.3 is 5.32 Å². The van der Waals surface area contributed by atoms with Crippen molar-refractivity contribution < 1.29 is 0 Å². The quantitative estimate of drug-likeness (QED) is 0.780. The average molecular weight is 395 g/mol. The Bertz CT molecular complexity index is 603. The fourth-order valence-electron chi connectivity index (χ4n) is 2.13. The number of hydrogen-bond acceptors (Lipinski definition) is 3. The zero-order chi connectivity index (χ0) is 15.5. The van der Waals surface area contributed by atoms with Gasteiger partial charge >= 0.3 is 0 Å². The van der Waals surface area contributed by atoms with Crippen molar-refractivity contribution in [3.8, 4) is 0 Å². The highest BCUT2D eigenvalue weighted by Gasteiger charge is 2.23. The van der Waals surface area contributed by atoms with E-state index in [1.54, 1.807) is 0 Å². The molecule has 0 spiro atoms. The first-order valence-electron chi connectivity index (χ1n) is 7.26. The Morgan fingerprint density at radius 2 is 1.76 bits per heavy atom. The molecule has 0 saturated heterocycles. The lowest BCUT2D eigenvalue weighted by Gasteiger charge is -2.22. The number of nitrogens with zero attached hydrogens (tertiary/aromatic N) is 2. The fourth-order valence-corrected chi connectivity index (χ4v) is 3.37. The normalized spacial score (nSPS) is 11.5. The van der Waals surface area contributed by atoms with Crippen LogP contribution in [0.2, 0.25) is 0 Å². The number of rotatable bonds is 4. The molecule has 21 heavy (non-hydrogen) atoms. The Hall–Kier alpha value is -1.17. The summed E-state index contributed by atoms with van der Waals surface area (Å²) in [6.07, 6.45) is 0.763. The highest BCUT2D eigenvalue weighted by molar-refractivity contribution is 14.1. The fraction of sp³-hybridized carbons (Fsp3) is 0.412. The van der Waals surface area contributed by atoms with Crippen LogP contribution in [0.3, 0.4) is 0 Å². The van der Waals surface area contributed by atoms with Crippen LogP contribution < -0.4 is 5.32 Å². The Labute approximate surface area is 140 Å². The lowest BCUT2D eigenvalue weighted by atomic mass is 9.91. The second-order valence-electron chi connectivity index (χ2n) is 6.09. The maximum absolute atomic E-state index is 4.82. The monoisotopic (exact) mass is 395 g/mol. The number of hydrogen-bond donors (Lipinski definition) is 1. The zero-order valence-electron chi connectivity index (χ0n) is 13.1. The molecule has 2 aromatic rings. The van der Waals surface area contributed by atoms with Crippen LogP contribution in [0.25, 0.3) is 0 Å². The van der Waals surface area contributed by atoms with Gasteiger partial charge in [0.05, 0.1) is 9.26 Å². The third-order valence-electron chi connectivity index (χ3n) is 3.16. The summed E-state index contributed by atoms with van der Waals surface area (Å²) < 4.78 is 1.12. The summed E-state index contributed by atoms with van der Waals surface area (Å²) in [6, 6.07) is 10.4. The van der Waals surface area contributed by atoms with Gasteiger partial charge in [-0.3, -0.25) is 0 Å². The SMILES string of the molecule is CCNc1nc(Cc2ccccc2)nc(C(C)(C)C)c1I. The minimum absolute atomic E-state index is 0.00900. The number of halogens is 1. The summed E-state index contributed by atoms with van der Waals surface area (Å²) in [6.45, 7) is 9.53. The Morgan fingerprint density at radius 3 is 2.33 bits per heavy atom. The molecule has 0 fully saturated rings. The van der Waals surface area contributed by atoms with Gasteiger partial charge in [-0.15, -0.1) is 0 Å². The van der Waals surface area contributed by atoms with E-state index in [0.717, 1.165) is 33.9 Å². The van der Waals surface area contributed by atoms with Crippen molar-refractivity contribution in [2.24, 2.45) is 0 Å². The van der Waals surface area contributed by atoms with Crippen molar-refractivity contribution >= 4 is 28.4 Å². The molecule has 0 aliphatic heterocycles. The van der Waals surface area contributed by atoms with Gasteiger partial charge in [0.25, 0.3) is 0 Å². The highest BCUT2D eigenvalue weighted by Crippen LogP contribution is 2.29. The molecular weight excluding hydrogens is 373 g/mol. The van der Waals surface area contributed by atoms with Crippen molar-refractivity contribution in [1.82, 2.24) is 9.97 Å². The molecule has 4 heteroatoms. The summed E-state index contributed by atoms with van der Waals surface area (Å²) in [5.74, 6) is 1.83. The summed E-state index contributed by atoms with van der Waals surface area (Å²) in [7, 11) is 0. The lowest BCUT2D eigenvalue weighted by Crippen LogP contribution is -2.20. The van der Waals surface area contributed by atoms with E-state index < -0.39 is 0 Å². The molecule has 0 unspecified atom stereocenters. The minimum Gasteiger partial charge on any atom is -0.369 e. The Kier molecular flexibility index (Phi) is 5.19. The Morgan fingerprint density at radius 1 is 1.10 bits per heavy atom. The van der Waals surface area contributed by atoms with Crippen molar-refractivity contribution in [1.29, 1.82) is 0 Å². The van der Waals surface area contributed by atoms with Gasteiger partial charge in [0, 0.05) is 18.4 Å². The van der Waals surface area contributed by atoms with E-state index in [1.165, 1.54) is 5.56 Å². The molecule has 0 saturated carbocycles. The van der Waals surface area contributed by atoms with Crippen molar-refractivity contribution in [3.63, 3.8) is 0 Å². The van der Waals surface area contributed by atoms with Crippen LogP contribution in [0.5, 0.6) is 0 Å². The van der Waals surface area contributed by atoms with Gasteiger partial charge in [-0.25, -0.2) is 9.97 Å². The molecular formula is C17H22IN3. The van der Waals surface area contributed by atoms with Gasteiger partial charge in [-0.05, 0) is 35.1 Å². The maximum Gasteiger partial charge on any atom is 0.143 e. The standard InChI is InChI=1S/C17H22IN3/c1-5-19-16-14(18)15(17(2,3)4)20-13(21-16)11-12-9-7-6-8-10-12/h6-10H,5,11H2,1-4H3,(H,19,20,21). The van der Waals surface area contributed by atoms with Gasteiger partial charge in [0.2, 0.25) is 0 Å². The van der Waals surface area contributed by atoms with Crippen molar-refractivity contribution in [2.75, 3.05) is 11.9 Å². The van der Waals surface area contributed by atoms with E-state index in [9.17, 15) is 0 Å². The molecule has 1 heterocycles. The third-order valence-corrected chi connectivity index (χ3v) is 4.18. The van der Waals surface area contributed by atoms with Crippen LogP contribution in [0.4, 0.5) is 5.82 Å². The highest BCUT2D eigenvalue weighted by atomic mass is 127. The zero-order valence-corrected chi connectivity index (χ0v) is 15.2. The average Bonchev–Trinajstić information content (AvgIpc) is 2.42. The van der Waals surface area contributed by atoms with Gasteiger partial charge in [-0.2, -0.15) is 0 Å². The van der Waals surface area contributed by atoms with Crippen LogP contribution in [0.1, 0.15) is 44.8 Å². The van der Waals surface area contributed by atoms with E-state index in [4.69, 9.17) is 9.97 Å². The third kappa shape index (κ3) is 4.15. The first-order chi connectivity index (χ1) is 9.91. The van der Waals surface area contributed by atoms with Gasteiger partial charge in [-0.1, -0.05) is 51.1 Å². The molecule has 3 nitrogen and oxygen atoms in total. The second-order valence-corrected chi connectivity index (χ2v) is 7.17. The number of benzene rings is 1. The van der Waals surface area contributed by atoms with Crippen LogP contribution in [-0.4, -0.2) is 16.5 Å². The van der Waals surface area contributed by atoms with E-state index in [0.29, 0.717) is 0 Å². The molecule has 1 N–H and O–H groups in total. The van der Waals surface area contributed by atoms with E-state index in [2.05, 4.69) is 79.9 Å². The number of nitrogens with one attached hydrogen (secondary N) is 1. The topological polar surface area (TPSA) is 37.8 Å². The molecule has 0 aliphatic carbocycles. The van der Waals surface area contributed by atoms with E-state index in [1.807, 2.05) is 6.07 Å². The molecule has 0 bridgehead atoms. The second kappa shape index (κ2) is 6.73. The maximum atomic E-state index is 4.82. The summed E-state index contributed by atoms with van der Waals surface area (Å²) in [5, 5.41) is 3.36. The largest absolute Gasteiger partial charge is 0.369 e. The van der Waals surface area contributed by atoms with Crippen LogP contribution in [0, 0.1) is 3.57 Å². The molecule has 0 aliphatic rings. The van der Waals surface area contributed by atoms with Gasteiger partial charge in [0.15, 0.2) is 0 Å². The van der Waals surface area contributed by atoms with Crippen molar-refractivity contribution in [2.45, 2.75) is 39.5 Å². The molecule has 112 valence electrons. The van der Waals surface area contributed by atoms with Crippen LogP contribution in [0.15, 0.2) is 30.3 Å².